The zero-order valence-corrected chi connectivity index (χ0v) is 5.81. The third-order valence-corrected chi connectivity index (χ3v) is 1.25. The molecule has 0 fully saturated rings. The second kappa shape index (κ2) is 3.78. The Morgan fingerprint density at radius 2 is 2.22 bits per heavy atom. The van der Waals surface area contributed by atoms with Crippen molar-refractivity contribution in [3.63, 3.8) is 0 Å². The summed E-state index contributed by atoms with van der Waals surface area (Å²) >= 11 is 0. The molecule has 0 aromatic heterocycles. The van der Waals surface area contributed by atoms with Gasteiger partial charge in [0.1, 0.15) is 0 Å². The van der Waals surface area contributed by atoms with E-state index in [1.807, 2.05) is 0 Å². The van der Waals surface area contributed by atoms with Crippen LogP contribution < -0.4 is 4.89 Å². The molecule has 0 atom stereocenters. The van der Waals surface area contributed by atoms with Crippen LogP contribution in [0.15, 0.2) is 0 Å². The van der Waals surface area contributed by atoms with Crippen LogP contribution in [-0.2, 0) is 14.5 Å². The van der Waals surface area contributed by atoms with Gasteiger partial charge in [-0.1, -0.05) is 11.8 Å². The number of hydrogen-bond acceptors (Lipinski definition) is 4. The fraction of sp³-hybridized carbons (Fsp3) is 1.00. The molecule has 0 saturated carbocycles. The SMILES string of the molecule is CCCOS(=O)(=O)NO. The molecule has 2 N–H and O–H groups in total. The molecule has 0 aliphatic rings. The molecule has 0 spiro atoms. The van der Waals surface area contributed by atoms with Crippen molar-refractivity contribution in [3.05, 3.63) is 0 Å². The molecular formula is C3H9NO4S. The van der Waals surface area contributed by atoms with Gasteiger partial charge in [0.15, 0.2) is 0 Å². The minimum Gasteiger partial charge on any atom is -0.300 e. The van der Waals surface area contributed by atoms with Crippen molar-refractivity contribution in [2.45, 2.75) is 13.3 Å². The Morgan fingerprint density at radius 1 is 1.67 bits per heavy atom. The van der Waals surface area contributed by atoms with Gasteiger partial charge in [-0.15, -0.1) is 0 Å². The molecule has 0 unspecified atom stereocenters. The van der Waals surface area contributed by atoms with Crippen LogP contribution in [0.3, 0.4) is 0 Å². The molecule has 0 aliphatic heterocycles. The van der Waals surface area contributed by atoms with E-state index in [9.17, 15) is 8.42 Å². The number of rotatable bonds is 4. The van der Waals surface area contributed by atoms with Crippen molar-refractivity contribution in [2.24, 2.45) is 0 Å². The van der Waals surface area contributed by atoms with E-state index >= 15 is 0 Å². The molecule has 0 heterocycles. The summed E-state index contributed by atoms with van der Waals surface area (Å²) in [6.07, 6.45) is 0.584. The Morgan fingerprint density at radius 3 is 2.56 bits per heavy atom. The molecule has 6 heteroatoms. The van der Waals surface area contributed by atoms with Gasteiger partial charge in [0, 0.05) is 0 Å². The summed E-state index contributed by atoms with van der Waals surface area (Å²) in [5, 5.41) is 7.86. The van der Waals surface area contributed by atoms with Crippen LogP contribution >= 0.6 is 0 Å². The largest absolute Gasteiger partial charge is 0.358 e. The van der Waals surface area contributed by atoms with Gasteiger partial charge in [0.05, 0.1) is 6.61 Å². The average Bonchev–Trinajstić information content (AvgIpc) is 1.84. The van der Waals surface area contributed by atoms with Crippen molar-refractivity contribution < 1.29 is 17.8 Å². The normalized spacial score (nSPS) is 11.8. The van der Waals surface area contributed by atoms with Crippen LogP contribution in [0, 0.1) is 0 Å². The minimum absolute atomic E-state index is 0.0793. The Bertz CT molecular complexity index is 151. The van der Waals surface area contributed by atoms with Crippen molar-refractivity contribution in [1.82, 2.24) is 4.89 Å². The molecule has 9 heavy (non-hydrogen) atoms. The van der Waals surface area contributed by atoms with Crippen LogP contribution in [0.5, 0.6) is 0 Å². The van der Waals surface area contributed by atoms with E-state index in [-0.39, 0.29) is 6.61 Å². The van der Waals surface area contributed by atoms with Crippen LogP contribution in [0.4, 0.5) is 0 Å². The minimum atomic E-state index is -3.88. The van der Waals surface area contributed by atoms with Gasteiger partial charge < -0.3 is 5.21 Å². The first-order valence-electron chi connectivity index (χ1n) is 2.42. The van der Waals surface area contributed by atoms with E-state index in [2.05, 4.69) is 4.18 Å². The second-order valence-electron chi connectivity index (χ2n) is 1.37. The first-order valence-corrected chi connectivity index (χ1v) is 3.83. The Labute approximate surface area is 53.9 Å². The molecule has 0 aliphatic carbocycles. The molecular weight excluding hydrogens is 146 g/mol. The van der Waals surface area contributed by atoms with Gasteiger partial charge in [-0.2, -0.15) is 8.42 Å². The summed E-state index contributed by atoms with van der Waals surface area (Å²) < 4.78 is 24.5. The molecule has 0 saturated heterocycles. The highest BCUT2D eigenvalue weighted by atomic mass is 32.2. The van der Waals surface area contributed by atoms with E-state index in [4.69, 9.17) is 5.21 Å². The monoisotopic (exact) mass is 155 g/mol. The molecule has 0 rings (SSSR count). The highest BCUT2D eigenvalue weighted by molar-refractivity contribution is 7.84. The lowest BCUT2D eigenvalue weighted by molar-refractivity contribution is 0.204. The van der Waals surface area contributed by atoms with Gasteiger partial charge in [-0.25, -0.2) is 0 Å². The molecule has 0 aromatic rings. The van der Waals surface area contributed by atoms with Crippen molar-refractivity contribution >= 4 is 10.3 Å². The quantitative estimate of drug-likeness (QED) is 0.543. The first kappa shape index (κ1) is 8.83. The predicted octanol–water partition coefficient (Wildman–Crippen LogP) is -0.363. The molecule has 56 valence electrons. The number of nitrogens with one attached hydrogen (secondary N) is 1. The van der Waals surface area contributed by atoms with E-state index in [0.29, 0.717) is 6.42 Å². The molecule has 0 radical (unpaired) electrons. The highest BCUT2D eigenvalue weighted by Gasteiger charge is 2.05. The lowest BCUT2D eigenvalue weighted by atomic mass is 10.5. The summed E-state index contributed by atoms with van der Waals surface area (Å²) in [4.78, 5) is 1.03. The summed E-state index contributed by atoms with van der Waals surface area (Å²) in [5.74, 6) is 0. The summed E-state index contributed by atoms with van der Waals surface area (Å²) in [6, 6.07) is 0. The van der Waals surface area contributed by atoms with Crippen LogP contribution in [-0.4, -0.2) is 20.2 Å². The lowest BCUT2D eigenvalue weighted by Gasteiger charge is -1.98. The van der Waals surface area contributed by atoms with Gasteiger partial charge in [-0.3, -0.25) is 4.18 Å². The van der Waals surface area contributed by atoms with Gasteiger partial charge in [0.25, 0.3) is 0 Å². The topological polar surface area (TPSA) is 75.6 Å². The fourth-order valence-corrected chi connectivity index (χ4v) is 0.658. The van der Waals surface area contributed by atoms with E-state index in [1.54, 1.807) is 6.92 Å². The summed E-state index contributed by atoms with van der Waals surface area (Å²) in [7, 11) is -3.88. The molecule has 0 bridgehead atoms. The molecule has 0 aromatic carbocycles. The van der Waals surface area contributed by atoms with Crippen LogP contribution in [0.1, 0.15) is 13.3 Å². The number of hydrogen-bond donors (Lipinski definition) is 2. The van der Waals surface area contributed by atoms with Gasteiger partial charge in [-0.05, 0) is 6.42 Å². The highest BCUT2D eigenvalue weighted by Crippen LogP contribution is 1.86. The first-order chi connectivity index (χ1) is 4.12. The zero-order chi connectivity index (χ0) is 7.33. The third-order valence-electron chi connectivity index (χ3n) is 0.554. The maximum absolute atomic E-state index is 10.2. The summed E-state index contributed by atoms with van der Waals surface area (Å²) in [6.45, 7) is 1.84. The van der Waals surface area contributed by atoms with Crippen molar-refractivity contribution in [3.8, 4) is 0 Å². The van der Waals surface area contributed by atoms with Gasteiger partial charge in [0.2, 0.25) is 0 Å². The lowest BCUT2D eigenvalue weighted by Crippen LogP contribution is -2.22. The standard InChI is InChI=1S/C3H9NO4S/c1-2-3-8-9(6,7)4-5/h4-5H,2-3H2,1H3. The third kappa shape index (κ3) is 4.34. The van der Waals surface area contributed by atoms with Crippen molar-refractivity contribution in [2.75, 3.05) is 6.61 Å². The van der Waals surface area contributed by atoms with Gasteiger partial charge >= 0.3 is 10.3 Å². The predicted molar refractivity (Wildman–Crippen MR) is 30.1 cm³/mol. The second-order valence-corrected chi connectivity index (χ2v) is 2.69. The smallest absolute Gasteiger partial charge is 0.300 e. The fourth-order valence-electron chi connectivity index (χ4n) is 0.219. The van der Waals surface area contributed by atoms with E-state index < -0.39 is 10.3 Å². The Balaban J connectivity index is 3.61. The Kier molecular flexibility index (Phi) is 3.71. The van der Waals surface area contributed by atoms with Crippen LogP contribution in [0.2, 0.25) is 0 Å². The van der Waals surface area contributed by atoms with E-state index in [1.165, 1.54) is 0 Å². The average molecular weight is 155 g/mol. The van der Waals surface area contributed by atoms with Crippen LogP contribution in [0.25, 0.3) is 0 Å². The zero-order valence-electron chi connectivity index (χ0n) is 4.99. The maximum Gasteiger partial charge on any atom is 0.358 e. The molecule has 0 amide bonds. The Hall–Kier alpha value is -0.170. The van der Waals surface area contributed by atoms with E-state index in [0.717, 1.165) is 4.89 Å². The maximum atomic E-state index is 10.2. The van der Waals surface area contributed by atoms with Crippen molar-refractivity contribution in [1.29, 1.82) is 0 Å². The summed E-state index contributed by atoms with van der Waals surface area (Å²) in [5.41, 5.74) is 0. The molecule has 5 nitrogen and oxygen atoms in total.